The molecular formula is C20H19NO7. The van der Waals surface area contributed by atoms with Gasteiger partial charge in [-0.05, 0) is 42.0 Å². The average Bonchev–Trinajstić information content (AvgIpc) is 2.72. The molecule has 0 atom stereocenters. The van der Waals surface area contributed by atoms with Crippen molar-refractivity contribution in [1.82, 2.24) is 0 Å². The van der Waals surface area contributed by atoms with Crippen LogP contribution in [0.25, 0.3) is 0 Å². The third-order valence-electron chi connectivity index (χ3n) is 3.91. The second-order valence-electron chi connectivity index (χ2n) is 5.93. The van der Waals surface area contributed by atoms with Gasteiger partial charge in [-0.25, -0.2) is 4.79 Å². The van der Waals surface area contributed by atoms with Gasteiger partial charge in [0.05, 0.1) is 19.1 Å². The Kier molecular flexibility index (Phi) is 6.11. The molecule has 0 bridgehead atoms. The van der Waals surface area contributed by atoms with E-state index in [1.54, 1.807) is 30.3 Å². The van der Waals surface area contributed by atoms with Gasteiger partial charge >= 0.3 is 11.9 Å². The molecule has 3 rings (SSSR count). The van der Waals surface area contributed by atoms with E-state index in [0.29, 0.717) is 41.5 Å². The fourth-order valence-electron chi connectivity index (χ4n) is 2.57. The number of carbonyl (C=O) groups excluding carboxylic acids is 3. The molecule has 1 amide bonds. The number of rotatable bonds is 6. The van der Waals surface area contributed by atoms with Gasteiger partial charge in [0.25, 0.3) is 5.91 Å². The summed E-state index contributed by atoms with van der Waals surface area (Å²) in [5.74, 6) is -0.259. The molecule has 0 unspecified atom stereocenters. The molecule has 1 aliphatic heterocycles. The molecule has 1 N–H and O–H groups in total. The Labute approximate surface area is 161 Å². The van der Waals surface area contributed by atoms with Gasteiger partial charge in [0.15, 0.2) is 18.1 Å². The molecule has 8 nitrogen and oxygen atoms in total. The summed E-state index contributed by atoms with van der Waals surface area (Å²) in [6, 6.07) is 11.4. The zero-order valence-corrected chi connectivity index (χ0v) is 15.2. The minimum atomic E-state index is -0.534. The molecule has 8 heteroatoms. The first-order valence-electron chi connectivity index (χ1n) is 8.57. The summed E-state index contributed by atoms with van der Waals surface area (Å²) in [4.78, 5) is 35.3. The van der Waals surface area contributed by atoms with Crippen molar-refractivity contribution in [2.45, 2.75) is 6.42 Å². The van der Waals surface area contributed by atoms with E-state index in [9.17, 15) is 14.4 Å². The minimum absolute atomic E-state index is 0.0117. The van der Waals surface area contributed by atoms with Crippen LogP contribution in [0.4, 0.5) is 5.69 Å². The lowest BCUT2D eigenvalue weighted by Gasteiger charge is -2.18. The van der Waals surface area contributed by atoms with Crippen molar-refractivity contribution in [1.29, 1.82) is 0 Å². The first-order valence-corrected chi connectivity index (χ1v) is 8.57. The molecule has 146 valence electrons. The maximum absolute atomic E-state index is 12.0. The molecule has 0 fully saturated rings. The molecule has 2 aromatic carbocycles. The van der Waals surface area contributed by atoms with E-state index in [0.717, 1.165) is 0 Å². The summed E-state index contributed by atoms with van der Waals surface area (Å²) in [6.45, 7) is 0.540. The predicted octanol–water partition coefficient (Wildman–Crippen LogP) is 1.97. The fourth-order valence-corrected chi connectivity index (χ4v) is 2.57. The van der Waals surface area contributed by atoms with Crippen molar-refractivity contribution in [2.75, 3.05) is 32.2 Å². The molecule has 0 aliphatic carbocycles. The van der Waals surface area contributed by atoms with Crippen molar-refractivity contribution in [3.63, 3.8) is 0 Å². The fraction of sp³-hybridized carbons (Fsp3) is 0.250. The quantitative estimate of drug-likeness (QED) is 0.759. The van der Waals surface area contributed by atoms with Crippen molar-refractivity contribution >= 4 is 23.5 Å². The molecule has 0 spiro atoms. The van der Waals surface area contributed by atoms with E-state index in [1.807, 2.05) is 0 Å². The van der Waals surface area contributed by atoms with Crippen molar-refractivity contribution in [3.05, 3.63) is 53.6 Å². The van der Waals surface area contributed by atoms with Gasteiger partial charge in [-0.2, -0.15) is 0 Å². The zero-order chi connectivity index (χ0) is 19.9. The summed E-state index contributed by atoms with van der Waals surface area (Å²) in [6.07, 6.45) is 0.0117. The second-order valence-corrected chi connectivity index (χ2v) is 5.93. The molecule has 0 aromatic heterocycles. The lowest BCUT2D eigenvalue weighted by Crippen LogP contribution is -2.21. The van der Waals surface area contributed by atoms with E-state index >= 15 is 0 Å². The largest absolute Gasteiger partial charge is 0.486 e. The van der Waals surface area contributed by atoms with Gasteiger partial charge in [0.1, 0.15) is 13.2 Å². The predicted molar refractivity (Wildman–Crippen MR) is 98.5 cm³/mol. The number of hydrogen-bond acceptors (Lipinski definition) is 7. The van der Waals surface area contributed by atoms with Crippen LogP contribution >= 0.6 is 0 Å². The Morgan fingerprint density at radius 2 is 1.71 bits per heavy atom. The van der Waals surface area contributed by atoms with E-state index < -0.39 is 24.5 Å². The summed E-state index contributed by atoms with van der Waals surface area (Å²) >= 11 is 0. The number of fused-ring (bicyclic) bond motifs is 1. The van der Waals surface area contributed by atoms with Crippen molar-refractivity contribution < 1.29 is 33.3 Å². The van der Waals surface area contributed by atoms with Gasteiger partial charge in [0.2, 0.25) is 0 Å². The maximum Gasteiger partial charge on any atom is 0.337 e. The van der Waals surface area contributed by atoms with Crippen molar-refractivity contribution in [3.8, 4) is 11.5 Å². The summed E-state index contributed by atoms with van der Waals surface area (Å²) < 4.78 is 20.5. The van der Waals surface area contributed by atoms with Crippen LogP contribution in [0.2, 0.25) is 0 Å². The number of ether oxygens (including phenoxy) is 4. The number of nitrogens with one attached hydrogen (secondary N) is 1. The van der Waals surface area contributed by atoms with Crippen LogP contribution in [0.1, 0.15) is 15.9 Å². The first-order chi connectivity index (χ1) is 13.5. The Bertz CT molecular complexity index is 877. The van der Waals surface area contributed by atoms with Crippen LogP contribution in [0.3, 0.4) is 0 Å². The third kappa shape index (κ3) is 5.00. The topological polar surface area (TPSA) is 100 Å². The van der Waals surface area contributed by atoms with E-state index in [1.165, 1.54) is 19.2 Å². The Morgan fingerprint density at radius 1 is 1.00 bits per heavy atom. The monoisotopic (exact) mass is 385 g/mol. The highest BCUT2D eigenvalue weighted by atomic mass is 16.6. The number of hydrogen-bond donors (Lipinski definition) is 1. The highest BCUT2D eigenvalue weighted by Crippen LogP contribution is 2.30. The van der Waals surface area contributed by atoms with Gasteiger partial charge < -0.3 is 24.3 Å². The highest BCUT2D eigenvalue weighted by molar-refractivity contribution is 5.94. The molecule has 0 radical (unpaired) electrons. The van der Waals surface area contributed by atoms with Gasteiger partial charge in [-0.1, -0.05) is 6.07 Å². The van der Waals surface area contributed by atoms with Gasteiger partial charge in [0, 0.05) is 5.69 Å². The molecular weight excluding hydrogens is 366 g/mol. The summed E-state index contributed by atoms with van der Waals surface area (Å²) in [5.41, 5.74) is 1.54. The molecule has 2 aromatic rings. The minimum Gasteiger partial charge on any atom is -0.486 e. The number of esters is 2. The zero-order valence-electron chi connectivity index (χ0n) is 15.2. The normalized spacial score (nSPS) is 12.0. The maximum atomic E-state index is 12.0. The lowest BCUT2D eigenvalue weighted by atomic mass is 10.1. The van der Waals surface area contributed by atoms with Crippen molar-refractivity contribution in [2.24, 2.45) is 0 Å². The molecule has 1 heterocycles. The number of benzene rings is 2. The SMILES string of the molecule is COC(=O)c1ccc(NC(=O)COC(=O)Cc2ccc3c(c2)OCCO3)cc1. The molecule has 28 heavy (non-hydrogen) atoms. The average molecular weight is 385 g/mol. The van der Waals surface area contributed by atoms with Crippen LogP contribution in [-0.2, 0) is 25.5 Å². The number of carbonyl (C=O) groups is 3. The lowest BCUT2D eigenvalue weighted by molar-refractivity contribution is -0.146. The van der Waals surface area contributed by atoms with Crippen LogP contribution < -0.4 is 14.8 Å². The van der Waals surface area contributed by atoms with E-state index in [2.05, 4.69) is 10.1 Å². The number of amides is 1. The third-order valence-corrected chi connectivity index (χ3v) is 3.91. The Morgan fingerprint density at radius 3 is 2.43 bits per heavy atom. The van der Waals surface area contributed by atoms with E-state index in [-0.39, 0.29) is 6.42 Å². The number of anilines is 1. The standard InChI is InChI=1S/C20H19NO7/c1-25-20(24)14-3-5-15(6-4-14)21-18(22)12-28-19(23)11-13-2-7-16-17(10-13)27-9-8-26-16/h2-7,10H,8-9,11-12H2,1H3,(H,21,22). The van der Waals surface area contributed by atoms with Crippen LogP contribution in [0, 0.1) is 0 Å². The Balaban J connectivity index is 1.46. The van der Waals surface area contributed by atoms with Gasteiger partial charge in [-0.3, -0.25) is 9.59 Å². The summed E-state index contributed by atoms with van der Waals surface area (Å²) in [7, 11) is 1.29. The highest BCUT2D eigenvalue weighted by Gasteiger charge is 2.14. The van der Waals surface area contributed by atoms with E-state index in [4.69, 9.17) is 14.2 Å². The second kappa shape index (κ2) is 8.90. The smallest absolute Gasteiger partial charge is 0.337 e. The first kappa shape index (κ1) is 19.2. The molecule has 1 aliphatic rings. The van der Waals surface area contributed by atoms with Crippen LogP contribution in [0.15, 0.2) is 42.5 Å². The van der Waals surface area contributed by atoms with Gasteiger partial charge in [-0.15, -0.1) is 0 Å². The summed E-state index contributed by atoms with van der Waals surface area (Å²) in [5, 5.41) is 2.58. The Hall–Kier alpha value is -3.55. The molecule has 0 saturated heterocycles. The number of methoxy groups -OCH3 is 1. The molecule has 0 saturated carbocycles. The van der Waals surface area contributed by atoms with Crippen LogP contribution in [-0.4, -0.2) is 44.8 Å². The van der Waals surface area contributed by atoms with Crippen LogP contribution in [0.5, 0.6) is 11.5 Å².